The monoisotopic (exact) mass is 773 g/mol. The van der Waals surface area contributed by atoms with Crippen LogP contribution in [-0.2, 0) is 31.3 Å². The summed E-state index contributed by atoms with van der Waals surface area (Å²) in [5, 5.41) is 8.19. The maximum atomic E-state index is 11.0. The SMILES string of the molecule is CC(C)(C)c1ccccc1C([NH-])=O.[Cl-].[Cl-].[Hf+4].c1ccc([Si]c2ccccc2)cc1.c1ccc2c(c1)[cH-]c1ccccc12. The molecule has 0 spiro atoms. The first-order valence-corrected chi connectivity index (χ1v) is 14.1. The number of hydrogen-bond donors (Lipinski definition) is 0. The fourth-order valence-electron chi connectivity index (χ4n) is 4.45. The molecule has 0 heterocycles. The average molecular weight is 773 g/mol. The van der Waals surface area contributed by atoms with Gasteiger partial charge in [0.15, 0.2) is 0 Å². The Hall–Kier alpha value is -2.89. The molecule has 0 bridgehead atoms. The molecule has 2 nitrogen and oxygen atoms in total. The molecule has 0 unspecified atom stereocenters. The summed E-state index contributed by atoms with van der Waals surface area (Å²) < 4.78 is 0. The van der Waals surface area contributed by atoms with E-state index in [1.807, 2.05) is 32.9 Å². The smallest absolute Gasteiger partial charge is 1.00 e. The van der Waals surface area contributed by atoms with E-state index in [0.29, 0.717) is 5.56 Å². The van der Waals surface area contributed by atoms with E-state index in [1.54, 1.807) is 12.1 Å². The minimum Gasteiger partial charge on any atom is -1.00 e. The summed E-state index contributed by atoms with van der Waals surface area (Å²) in [6, 6.07) is 47.7. The number of hydrogen-bond acceptors (Lipinski definition) is 1. The Labute approximate surface area is 283 Å². The van der Waals surface area contributed by atoms with Gasteiger partial charge in [-0.05, 0) is 11.0 Å². The van der Waals surface area contributed by atoms with Gasteiger partial charge in [0.05, 0.1) is 5.91 Å². The molecule has 1 amide bonds. The van der Waals surface area contributed by atoms with Crippen LogP contribution in [0.15, 0.2) is 140 Å². The molecule has 6 rings (SSSR count). The van der Waals surface area contributed by atoms with Gasteiger partial charge >= 0.3 is 25.8 Å². The van der Waals surface area contributed by atoms with Gasteiger partial charge in [0.2, 0.25) is 0 Å². The molecule has 0 atom stereocenters. The molecule has 6 heteroatoms. The molecule has 1 N–H and O–H groups in total. The van der Waals surface area contributed by atoms with Gasteiger partial charge in [0, 0.05) is 5.56 Å². The van der Waals surface area contributed by atoms with Crippen molar-refractivity contribution in [2.24, 2.45) is 0 Å². The Morgan fingerprint density at radius 3 is 1.38 bits per heavy atom. The minimum atomic E-state index is -0.606. The zero-order valence-corrected chi connectivity index (χ0v) is 30.0. The third kappa shape index (κ3) is 10.4. The minimum absolute atomic E-state index is 0. The van der Waals surface area contributed by atoms with Gasteiger partial charge in [0.1, 0.15) is 9.52 Å². The summed E-state index contributed by atoms with van der Waals surface area (Å²) in [4.78, 5) is 11.0. The molecule has 2 radical (unpaired) electrons. The van der Waals surface area contributed by atoms with Crippen molar-refractivity contribution in [3.05, 3.63) is 156 Å². The van der Waals surface area contributed by atoms with Crippen LogP contribution in [0.1, 0.15) is 36.7 Å². The van der Waals surface area contributed by atoms with Crippen LogP contribution < -0.4 is 35.2 Å². The molecule has 0 fully saturated rings. The molecule has 0 aliphatic rings. The Balaban J connectivity index is 0.000000304. The van der Waals surface area contributed by atoms with Crippen LogP contribution in [0.25, 0.3) is 27.3 Å². The van der Waals surface area contributed by atoms with Crippen LogP contribution in [0.5, 0.6) is 0 Å². The van der Waals surface area contributed by atoms with Crippen molar-refractivity contribution < 1.29 is 55.5 Å². The maximum Gasteiger partial charge on any atom is 4.00 e. The molecular weight excluding hydrogens is 740 g/mol. The normalized spacial score (nSPS) is 9.98. The first-order valence-electron chi connectivity index (χ1n) is 13.1. The fraction of sp³-hybridized carbons (Fsp3) is 0.111. The zero-order chi connectivity index (χ0) is 27.7. The maximum absolute atomic E-state index is 11.0. The van der Waals surface area contributed by atoms with Crippen molar-refractivity contribution in [3.8, 4) is 0 Å². The Morgan fingerprint density at radius 1 is 0.595 bits per heavy atom. The standard InChI is InChI=1S/C13H9.C12H10Si.C11H15NO.2ClH.Hf/c1-3-7-12-10(5-1)9-11-6-2-4-8-13(11)12;1-3-7-11(8-4-1)13-12-9-5-2-6-10-12;1-11(2,3)9-7-5-4-6-8(9)10(12)13;;;/h1-9H;1-10H;4-7H,1-3H3,(H2,12,13);2*1H;/q-1;;;;;+4/p-3. The summed E-state index contributed by atoms with van der Waals surface area (Å²) in [5.74, 6) is -0.606. The van der Waals surface area contributed by atoms with Gasteiger partial charge < -0.3 is 35.3 Å². The summed E-state index contributed by atoms with van der Waals surface area (Å²) in [7, 11) is 0.777. The molecule has 0 aliphatic carbocycles. The largest absolute Gasteiger partial charge is 4.00 e. The van der Waals surface area contributed by atoms with Gasteiger partial charge in [-0.3, -0.25) is 0 Å². The number of carbonyl (C=O) groups is 1. The molecule has 0 aliphatic heterocycles. The Kier molecular flexibility index (Phi) is 15.8. The van der Waals surface area contributed by atoms with Gasteiger partial charge in [-0.15, -0.1) is 39.7 Å². The van der Waals surface area contributed by atoms with Crippen molar-refractivity contribution in [3.63, 3.8) is 0 Å². The van der Waals surface area contributed by atoms with E-state index in [0.717, 1.165) is 15.1 Å². The predicted octanol–water partition coefficient (Wildman–Crippen LogP) is 2.24. The second-order valence-electron chi connectivity index (χ2n) is 10.3. The topological polar surface area (TPSA) is 40.9 Å². The van der Waals surface area contributed by atoms with E-state index >= 15 is 0 Å². The third-order valence-corrected chi connectivity index (χ3v) is 7.58. The van der Waals surface area contributed by atoms with Crippen molar-refractivity contribution >= 4 is 47.3 Å². The second kappa shape index (κ2) is 17.9. The van der Waals surface area contributed by atoms with Gasteiger partial charge in [-0.2, -0.15) is 0 Å². The molecular formula is C36H33Cl2HfNOSi. The van der Waals surface area contributed by atoms with Crippen LogP contribution in [0.2, 0.25) is 0 Å². The molecule has 42 heavy (non-hydrogen) atoms. The van der Waals surface area contributed by atoms with Crippen LogP contribution in [0.3, 0.4) is 0 Å². The van der Waals surface area contributed by atoms with Crippen molar-refractivity contribution in [1.82, 2.24) is 0 Å². The molecule has 0 aromatic heterocycles. The van der Waals surface area contributed by atoms with Crippen LogP contribution in [0.4, 0.5) is 0 Å². The zero-order valence-electron chi connectivity index (χ0n) is 23.9. The van der Waals surface area contributed by atoms with Crippen LogP contribution in [0, 0.1) is 0 Å². The summed E-state index contributed by atoms with van der Waals surface area (Å²) >= 11 is 0. The number of rotatable bonds is 3. The third-order valence-electron chi connectivity index (χ3n) is 6.34. The summed E-state index contributed by atoms with van der Waals surface area (Å²) in [6.07, 6.45) is 0. The average Bonchev–Trinajstić information content (AvgIpc) is 3.33. The van der Waals surface area contributed by atoms with Gasteiger partial charge in [0.25, 0.3) is 0 Å². The fourth-order valence-corrected chi connectivity index (χ4v) is 5.50. The number of nitrogens with one attached hydrogen (secondary N) is 1. The molecule has 6 aromatic rings. The van der Waals surface area contributed by atoms with Crippen molar-refractivity contribution in [2.75, 3.05) is 0 Å². The van der Waals surface area contributed by atoms with E-state index in [4.69, 9.17) is 5.73 Å². The van der Waals surface area contributed by atoms with Crippen LogP contribution in [-0.4, -0.2) is 15.4 Å². The van der Waals surface area contributed by atoms with Crippen molar-refractivity contribution in [2.45, 2.75) is 26.2 Å². The first-order chi connectivity index (χ1) is 18.8. The van der Waals surface area contributed by atoms with E-state index < -0.39 is 5.91 Å². The molecule has 6 aromatic carbocycles. The summed E-state index contributed by atoms with van der Waals surface area (Å²) in [6.45, 7) is 6.11. The van der Waals surface area contributed by atoms with E-state index in [2.05, 4.69) is 115 Å². The predicted molar refractivity (Wildman–Crippen MR) is 169 cm³/mol. The number of halogens is 2. The Morgan fingerprint density at radius 2 is 0.976 bits per heavy atom. The van der Waals surface area contributed by atoms with E-state index in [9.17, 15) is 4.79 Å². The number of amides is 1. The second-order valence-corrected chi connectivity index (χ2v) is 11.7. The molecule has 0 saturated carbocycles. The van der Waals surface area contributed by atoms with E-state index in [-0.39, 0.29) is 56.1 Å². The molecule has 0 saturated heterocycles. The van der Waals surface area contributed by atoms with Gasteiger partial charge in [-0.25, -0.2) is 0 Å². The van der Waals surface area contributed by atoms with Crippen molar-refractivity contribution in [1.29, 1.82) is 0 Å². The van der Waals surface area contributed by atoms with Gasteiger partial charge in [-0.1, -0.05) is 152 Å². The first kappa shape index (κ1) is 37.1. The number of fused-ring (bicyclic) bond motifs is 3. The summed E-state index contributed by atoms with van der Waals surface area (Å²) in [5.41, 5.74) is 8.47. The molecule has 210 valence electrons. The number of carbonyl (C=O) groups excluding carboxylic acids is 1. The Bertz CT molecular complexity index is 1560. The number of benzene rings is 5. The van der Waals surface area contributed by atoms with E-state index in [1.165, 1.54) is 31.9 Å². The van der Waals surface area contributed by atoms with Crippen LogP contribution >= 0.6 is 0 Å². The quantitative estimate of drug-likeness (QED) is 0.201.